The maximum absolute atomic E-state index is 12.4. The number of aromatic nitrogens is 1. The maximum atomic E-state index is 12.4. The number of likely N-dealkylation sites (tertiary alicyclic amines) is 1. The third kappa shape index (κ3) is 4.20. The van der Waals surface area contributed by atoms with Crippen molar-refractivity contribution < 1.29 is 9.53 Å². The Balaban J connectivity index is 1.58. The molecule has 0 bridgehead atoms. The smallest absolute Gasteiger partial charge is 0.236 e. The van der Waals surface area contributed by atoms with E-state index in [-0.39, 0.29) is 5.91 Å². The maximum Gasteiger partial charge on any atom is 0.236 e. The van der Waals surface area contributed by atoms with Crippen molar-refractivity contribution in [3.05, 3.63) is 23.9 Å². The van der Waals surface area contributed by atoms with Gasteiger partial charge in [-0.2, -0.15) is 0 Å². The first-order valence-electron chi connectivity index (χ1n) is 8.48. The van der Waals surface area contributed by atoms with Gasteiger partial charge in [-0.15, -0.1) is 0 Å². The number of morpholine rings is 1. The Bertz CT molecular complexity index is 531. The number of nitrogens with zero attached hydrogens (tertiary/aromatic N) is 3. The summed E-state index contributed by atoms with van der Waals surface area (Å²) in [5.74, 6) is 1.62. The Labute approximate surface area is 137 Å². The largest absolute Gasteiger partial charge is 0.378 e. The molecule has 3 rings (SSSR count). The van der Waals surface area contributed by atoms with Crippen LogP contribution in [0.25, 0.3) is 0 Å². The highest BCUT2D eigenvalue weighted by molar-refractivity contribution is 5.78. The predicted molar refractivity (Wildman–Crippen MR) is 89.6 cm³/mol. The summed E-state index contributed by atoms with van der Waals surface area (Å²) in [4.78, 5) is 20.9. The van der Waals surface area contributed by atoms with E-state index in [4.69, 9.17) is 4.74 Å². The molecule has 2 saturated heterocycles. The van der Waals surface area contributed by atoms with Gasteiger partial charge in [0, 0.05) is 32.9 Å². The van der Waals surface area contributed by atoms with Crippen LogP contribution in [0.1, 0.15) is 24.3 Å². The predicted octanol–water partition coefficient (Wildman–Crippen LogP) is 1.16. The number of hydrogen-bond acceptors (Lipinski definition) is 5. The van der Waals surface area contributed by atoms with Crippen molar-refractivity contribution >= 4 is 11.7 Å². The van der Waals surface area contributed by atoms with E-state index in [9.17, 15) is 4.79 Å². The van der Waals surface area contributed by atoms with Gasteiger partial charge in [-0.3, -0.25) is 9.69 Å². The summed E-state index contributed by atoms with van der Waals surface area (Å²) in [5, 5.41) is 3.10. The summed E-state index contributed by atoms with van der Waals surface area (Å²) < 4.78 is 5.32. The van der Waals surface area contributed by atoms with Crippen LogP contribution in [-0.4, -0.2) is 73.7 Å². The number of rotatable bonds is 4. The minimum absolute atomic E-state index is 0.236. The Morgan fingerprint density at radius 3 is 3.00 bits per heavy atom. The molecule has 0 aromatic carbocycles. The molecule has 6 nitrogen and oxygen atoms in total. The number of carbonyl (C=O) groups excluding carboxylic acids is 1. The molecule has 1 atom stereocenters. The van der Waals surface area contributed by atoms with Crippen LogP contribution in [0.15, 0.2) is 18.3 Å². The van der Waals surface area contributed by atoms with E-state index in [0.717, 1.165) is 38.4 Å². The van der Waals surface area contributed by atoms with Gasteiger partial charge in [0.15, 0.2) is 0 Å². The van der Waals surface area contributed by atoms with Crippen molar-refractivity contribution in [1.82, 2.24) is 14.8 Å². The second kappa shape index (κ2) is 7.75. The molecule has 2 aliphatic heterocycles. The van der Waals surface area contributed by atoms with Crippen molar-refractivity contribution in [2.45, 2.75) is 18.8 Å². The fraction of sp³-hybridized carbons (Fsp3) is 0.647. The molecule has 0 unspecified atom stereocenters. The van der Waals surface area contributed by atoms with Gasteiger partial charge in [0.2, 0.25) is 5.91 Å². The summed E-state index contributed by atoms with van der Waals surface area (Å²) in [6, 6.07) is 4.22. The van der Waals surface area contributed by atoms with Crippen LogP contribution in [0.5, 0.6) is 0 Å². The van der Waals surface area contributed by atoms with Gasteiger partial charge in [-0.05, 0) is 43.0 Å². The van der Waals surface area contributed by atoms with Crippen molar-refractivity contribution in [1.29, 1.82) is 0 Å². The second-order valence-corrected chi connectivity index (χ2v) is 6.29. The number of nitrogens with one attached hydrogen (secondary N) is 1. The molecule has 0 radical (unpaired) electrons. The van der Waals surface area contributed by atoms with Gasteiger partial charge in [0.05, 0.1) is 19.8 Å². The number of ether oxygens (including phenoxy) is 1. The SMILES string of the molecule is CNc1cc([C@H]2CCCN(CC(=O)N3CCOCC3)C2)ccn1. The number of piperidine rings is 1. The highest BCUT2D eigenvalue weighted by Crippen LogP contribution is 2.27. The first-order chi connectivity index (χ1) is 11.3. The zero-order chi connectivity index (χ0) is 16.1. The number of carbonyl (C=O) groups is 1. The van der Waals surface area contributed by atoms with E-state index in [1.807, 2.05) is 18.1 Å². The number of hydrogen-bond donors (Lipinski definition) is 1. The molecule has 0 spiro atoms. The lowest BCUT2D eigenvalue weighted by Crippen LogP contribution is -2.47. The Kier molecular flexibility index (Phi) is 5.46. The van der Waals surface area contributed by atoms with Crippen LogP contribution in [0, 0.1) is 0 Å². The third-order valence-corrected chi connectivity index (χ3v) is 4.74. The lowest BCUT2D eigenvalue weighted by atomic mass is 9.91. The number of anilines is 1. The molecular weight excluding hydrogens is 292 g/mol. The van der Waals surface area contributed by atoms with Crippen LogP contribution < -0.4 is 5.32 Å². The summed E-state index contributed by atoms with van der Waals surface area (Å²) in [5.41, 5.74) is 1.31. The van der Waals surface area contributed by atoms with Crippen molar-refractivity contribution in [2.75, 3.05) is 58.3 Å². The molecule has 3 heterocycles. The van der Waals surface area contributed by atoms with Gasteiger partial charge in [0.1, 0.15) is 5.82 Å². The van der Waals surface area contributed by atoms with Crippen molar-refractivity contribution in [3.63, 3.8) is 0 Å². The van der Waals surface area contributed by atoms with E-state index >= 15 is 0 Å². The zero-order valence-corrected chi connectivity index (χ0v) is 13.8. The quantitative estimate of drug-likeness (QED) is 0.903. The molecule has 0 aliphatic carbocycles. The fourth-order valence-corrected chi connectivity index (χ4v) is 3.41. The first-order valence-corrected chi connectivity index (χ1v) is 8.48. The molecule has 2 aliphatic rings. The molecule has 23 heavy (non-hydrogen) atoms. The van der Waals surface area contributed by atoms with E-state index in [1.165, 1.54) is 12.0 Å². The van der Waals surface area contributed by atoms with E-state index < -0.39 is 0 Å². The molecule has 1 N–H and O–H groups in total. The Hall–Kier alpha value is -1.66. The van der Waals surface area contributed by atoms with E-state index in [2.05, 4.69) is 27.3 Å². The standard InChI is InChI=1S/C17H26N4O2/c1-18-16-11-14(4-5-19-16)15-3-2-6-20(12-15)13-17(22)21-7-9-23-10-8-21/h4-5,11,15H,2-3,6-10,12-13H2,1H3,(H,18,19)/t15-/m0/s1. The topological polar surface area (TPSA) is 57.7 Å². The van der Waals surface area contributed by atoms with E-state index in [1.54, 1.807) is 0 Å². The van der Waals surface area contributed by atoms with Crippen molar-refractivity contribution in [3.8, 4) is 0 Å². The summed E-state index contributed by atoms with van der Waals surface area (Å²) >= 11 is 0. The fourth-order valence-electron chi connectivity index (χ4n) is 3.41. The molecular formula is C17H26N4O2. The lowest BCUT2D eigenvalue weighted by Gasteiger charge is -2.35. The molecule has 1 aromatic rings. The minimum Gasteiger partial charge on any atom is -0.378 e. The van der Waals surface area contributed by atoms with Crippen LogP contribution in [-0.2, 0) is 9.53 Å². The summed E-state index contributed by atoms with van der Waals surface area (Å²) in [6.45, 7) is 5.27. The molecule has 1 amide bonds. The van der Waals surface area contributed by atoms with Crippen molar-refractivity contribution in [2.24, 2.45) is 0 Å². The van der Waals surface area contributed by atoms with Crippen LogP contribution in [0.3, 0.4) is 0 Å². The first kappa shape index (κ1) is 16.2. The third-order valence-electron chi connectivity index (χ3n) is 4.74. The lowest BCUT2D eigenvalue weighted by molar-refractivity contribution is -0.136. The van der Waals surface area contributed by atoms with Crippen LogP contribution >= 0.6 is 0 Å². The van der Waals surface area contributed by atoms with Gasteiger partial charge in [-0.25, -0.2) is 4.98 Å². The van der Waals surface area contributed by atoms with Crippen LogP contribution in [0.4, 0.5) is 5.82 Å². The molecule has 6 heteroatoms. The Morgan fingerprint density at radius 1 is 1.39 bits per heavy atom. The molecule has 126 valence electrons. The molecule has 1 aromatic heterocycles. The highest BCUT2D eigenvalue weighted by Gasteiger charge is 2.25. The zero-order valence-electron chi connectivity index (χ0n) is 13.8. The average molecular weight is 318 g/mol. The summed E-state index contributed by atoms with van der Waals surface area (Å²) in [7, 11) is 1.89. The number of pyridine rings is 1. The monoisotopic (exact) mass is 318 g/mol. The van der Waals surface area contributed by atoms with Gasteiger partial charge in [0.25, 0.3) is 0 Å². The number of amides is 1. The van der Waals surface area contributed by atoms with Gasteiger partial charge >= 0.3 is 0 Å². The minimum atomic E-state index is 0.236. The summed E-state index contributed by atoms with van der Waals surface area (Å²) in [6.07, 6.45) is 4.17. The highest BCUT2D eigenvalue weighted by atomic mass is 16.5. The molecule has 0 saturated carbocycles. The van der Waals surface area contributed by atoms with E-state index in [0.29, 0.717) is 25.7 Å². The van der Waals surface area contributed by atoms with Crippen LogP contribution in [0.2, 0.25) is 0 Å². The second-order valence-electron chi connectivity index (χ2n) is 6.29. The average Bonchev–Trinajstić information content (AvgIpc) is 2.63. The molecule has 2 fully saturated rings. The van der Waals surface area contributed by atoms with Gasteiger partial charge < -0.3 is 15.0 Å². The van der Waals surface area contributed by atoms with Gasteiger partial charge in [-0.1, -0.05) is 0 Å². The normalized spacial score (nSPS) is 22.8. The Morgan fingerprint density at radius 2 is 2.22 bits per heavy atom.